The number of nitrogens with zero attached hydrogens (tertiary/aromatic N) is 2. The van der Waals surface area contributed by atoms with Crippen molar-refractivity contribution in [2.75, 3.05) is 20.2 Å². The quantitative estimate of drug-likeness (QED) is 0.944. The van der Waals surface area contributed by atoms with Crippen molar-refractivity contribution in [3.05, 3.63) is 29.3 Å². The Morgan fingerprint density at radius 2 is 2.45 bits per heavy atom. The zero-order valence-electron chi connectivity index (χ0n) is 12.9. The molecule has 1 aliphatic rings. The molecule has 0 radical (unpaired) electrons. The average molecular weight is 319 g/mol. The maximum atomic E-state index is 11.7. The first-order valence-electron chi connectivity index (χ1n) is 7.59. The molecule has 1 N–H and O–H groups in total. The molecule has 0 aliphatic carbocycles. The van der Waals surface area contributed by atoms with Gasteiger partial charge in [0.25, 0.3) is 0 Å². The minimum atomic E-state index is -0.235. The molecule has 1 amide bonds. The van der Waals surface area contributed by atoms with Gasteiger partial charge in [0.15, 0.2) is 0 Å². The van der Waals surface area contributed by atoms with Gasteiger partial charge in [0.05, 0.1) is 17.3 Å². The van der Waals surface area contributed by atoms with E-state index in [1.165, 1.54) is 17.4 Å². The molecule has 5 nitrogen and oxygen atoms in total. The van der Waals surface area contributed by atoms with Crippen LogP contribution < -0.4 is 5.32 Å². The van der Waals surface area contributed by atoms with Crippen LogP contribution in [0.25, 0.3) is 10.2 Å². The fourth-order valence-corrected chi connectivity index (χ4v) is 3.75. The molecule has 22 heavy (non-hydrogen) atoms. The molecule has 2 atom stereocenters. The van der Waals surface area contributed by atoms with E-state index in [1.807, 2.05) is 12.3 Å². The number of aromatic nitrogens is 1. The van der Waals surface area contributed by atoms with Gasteiger partial charge in [0.1, 0.15) is 0 Å². The molecule has 1 fully saturated rings. The van der Waals surface area contributed by atoms with Crippen LogP contribution in [-0.2, 0) is 4.74 Å². The summed E-state index contributed by atoms with van der Waals surface area (Å²) in [5.74, 6) is 0. The maximum Gasteiger partial charge on any atom is 0.409 e. The first-order chi connectivity index (χ1) is 10.7. The second-order valence-electron chi connectivity index (χ2n) is 5.72. The van der Waals surface area contributed by atoms with E-state index in [1.54, 1.807) is 16.2 Å². The van der Waals surface area contributed by atoms with Gasteiger partial charge in [-0.05, 0) is 42.8 Å². The summed E-state index contributed by atoms with van der Waals surface area (Å²) >= 11 is 1.71. The Kier molecular flexibility index (Phi) is 4.59. The standard InChI is InChI=1S/C16H21N3O2S/c1-11(12-8-15-14(17-9-12)5-7-22-15)18-13-4-3-6-19(10-13)16(20)21-2/h5,7-9,11,13,18H,3-4,6,10H2,1-2H3. The lowest BCUT2D eigenvalue weighted by Gasteiger charge is -2.33. The first-order valence-corrected chi connectivity index (χ1v) is 8.47. The van der Waals surface area contributed by atoms with Gasteiger partial charge in [-0.2, -0.15) is 0 Å². The minimum Gasteiger partial charge on any atom is -0.453 e. The van der Waals surface area contributed by atoms with Crippen molar-refractivity contribution in [3.8, 4) is 0 Å². The number of likely N-dealkylation sites (tertiary alicyclic amines) is 1. The number of carbonyl (C=O) groups is 1. The third-order valence-electron chi connectivity index (χ3n) is 4.16. The summed E-state index contributed by atoms with van der Waals surface area (Å²) in [7, 11) is 1.43. The lowest BCUT2D eigenvalue weighted by atomic mass is 10.0. The Labute approximate surface area is 134 Å². The number of piperidine rings is 1. The summed E-state index contributed by atoms with van der Waals surface area (Å²) in [6, 6.07) is 4.74. The van der Waals surface area contributed by atoms with Gasteiger partial charge in [-0.3, -0.25) is 4.98 Å². The lowest BCUT2D eigenvalue weighted by molar-refractivity contribution is 0.106. The molecule has 2 unspecified atom stereocenters. The topological polar surface area (TPSA) is 54.5 Å². The van der Waals surface area contributed by atoms with Crippen LogP contribution in [0.4, 0.5) is 4.79 Å². The Hall–Kier alpha value is -1.66. The second kappa shape index (κ2) is 6.62. The van der Waals surface area contributed by atoms with Crippen LogP contribution in [0.1, 0.15) is 31.4 Å². The van der Waals surface area contributed by atoms with E-state index < -0.39 is 0 Å². The first kappa shape index (κ1) is 15.2. The molecular weight excluding hydrogens is 298 g/mol. The molecule has 3 rings (SSSR count). The van der Waals surface area contributed by atoms with E-state index in [-0.39, 0.29) is 12.1 Å². The van der Waals surface area contributed by atoms with Crippen LogP contribution in [0.15, 0.2) is 23.7 Å². The molecular formula is C16H21N3O2S. The number of rotatable bonds is 3. The van der Waals surface area contributed by atoms with E-state index in [0.717, 1.165) is 24.9 Å². The number of ether oxygens (including phenoxy) is 1. The summed E-state index contributed by atoms with van der Waals surface area (Å²) in [6.07, 6.45) is 3.78. The highest BCUT2D eigenvalue weighted by atomic mass is 32.1. The summed E-state index contributed by atoms with van der Waals surface area (Å²) in [4.78, 5) is 17.9. The van der Waals surface area contributed by atoms with Gasteiger partial charge in [-0.1, -0.05) is 0 Å². The van der Waals surface area contributed by atoms with Crippen molar-refractivity contribution in [2.24, 2.45) is 0 Å². The lowest BCUT2D eigenvalue weighted by Crippen LogP contribution is -2.48. The van der Waals surface area contributed by atoms with Gasteiger partial charge < -0.3 is 15.0 Å². The smallest absolute Gasteiger partial charge is 0.409 e. The van der Waals surface area contributed by atoms with Crippen LogP contribution in [-0.4, -0.2) is 42.2 Å². The van der Waals surface area contributed by atoms with Crippen LogP contribution >= 0.6 is 11.3 Å². The summed E-state index contributed by atoms with van der Waals surface area (Å²) in [5.41, 5.74) is 2.24. The average Bonchev–Trinajstić information content (AvgIpc) is 3.01. The highest BCUT2D eigenvalue weighted by Gasteiger charge is 2.25. The van der Waals surface area contributed by atoms with Crippen molar-refractivity contribution in [3.63, 3.8) is 0 Å². The van der Waals surface area contributed by atoms with Gasteiger partial charge in [-0.25, -0.2) is 4.79 Å². The van der Waals surface area contributed by atoms with E-state index in [4.69, 9.17) is 4.74 Å². The molecule has 0 aromatic carbocycles. The number of fused-ring (bicyclic) bond motifs is 1. The highest BCUT2D eigenvalue weighted by Crippen LogP contribution is 2.23. The molecule has 118 valence electrons. The number of hydrogen-bond acceptors (Lipinski definition) is 5. The maximum absolute atomic E-state index is 11.7. The third kappa shape index (κ3) is 3.23. The number of nitrogens with one attached hydrogen (secondary N) is 1. The van der Waals surface area contributed by atoms with Crippen molar-refractivity contribution < 1.29 is 9.53 Å². The number of methoxy groups -OCH3 is 1. The third-order valence-corrected chi connectivity index (χ3v) is 5.02. The fraction of sp³-hybridized carbons (Fsp3) is 0.500. The van der Waals surface area contributed by atoms with Crippen molar-refractivity contribution in [1.29, 1.82) is 0 Å². The van der Waals surface area contributed by atoms with E-state index in [0.29, 0.717) is 12.6 Å². The zero-order chi connectivity index (χ0) is 15.5. The van der Waals surface area contributed by atoms with Crippen LogP contribution in [0.3, 0.4) is 0 Å². The minimum absolute atomic E-state index is 0.210. The van der Waals surface area contributed by atoms with Crippen molar-refractivity contribution in [1.82, 2.24) is 15.2 Å². The highest BCUT2D eigenvalue weighted by molar-refractivity contribution is 7.17. The van der Waals surface area contributed by atoms with Crippen LogP contribution in [0.5, 0.6) is 0 Å². The molecule has 2 aromatic heterocycles. The molecule has 3 heterocycles. The number of amides is 1. The Morgan fingerprint density at radius 1 is 1.59 bits per heavy atom. The van der Waals surface area contributed by atoms with Crippen LogP contribution in [0.2, 0.25) is 0 Å². The molecule has 1 aliphatic heterocycles. The number of pyridine rings is 1. The zero-order valence-corrected chi connectivity index (χ0v) is 13.7. The Morgan fingerprint density at radius 3 is 3.27 bits per heavy atom. The normalized spacial score (nSPS) is 20.1. The van der Waals surface area contributed by atoms with Gasteiger partial charge in [-0.15, -0.1) is 11.3 Å². The van der Waals surface area contributed by atoms with Crippen molar-refractivity contribution in [2.45, 2.75) is 31.8 Å². The summed E-state index contributed by atoms with van der Waals surface area (Å²) in [5, 5.41) is 5.68. The predicted octanol–water partition coefficient (Wildman–Crippen LogP) is 3.18. The molecule has 6 heteroatoms. The SMILES string of the molecule is COC(=O)N1CCCC(NC(C)c2cnc3ccsc3c2)C1. The predicted molar refractivity (Wildman–Crippen MR) is 88.2 cm³/mol. The van der Waals surface area contributed by atoms with E-state index >= 15 is 0 Å². The monoisotopic (exact) mass is 319 g/mol. The van der Waals surface area contributed by atoms with Gasteiger partial charge >= 0.3 is 6.09 Å². The van der Waals surface area contributed by atoms with E-state index in [2.05, 4.69) is 28.7 Å². The molecule has 0 spiro atoms. The number of carbonyl (C=O) groups excluding carboxylic acids is 1. The second-order valence-corrected chi connectivity index (χ2v) is 6.66. The largest absolute Gasteiger partial charge is 0.453 e. The Balaban J connectivity index is 1.65. The van der Waals surface area contributed by atoms with Gasteiger partial charge in [0, 0.05) is 31.4 Å². The Bertz CT molecular complexity index is 658. The van der Waals surface area contributed by atoms with Crippen LogP contribution in [0, 0.1) is 0 Å². The van der Waals surface area contributed by atoms with E-state index in [9.17, 15) is 4.79 Å². The fourth-order valence-electron chi connectivity index (χ4n) is 2.96. The molecule has 2 aromatic rings. The van der Waals surface area contributed by atoms with Crippen molar-refractivity contribution >= 4 is 27.6 Å². The molecule has 0 saturated carbocycles. The number of hydrogen-bond donors (Lipinski definition) is 1. The summed E-state index contributed by atoms with van der Waals surface area (Å²) in [6.45, 7) is 3.63. The molecule has 1 saturated heterocycles. The summed E-state index contributed by atoms with van der Waals surface area (Å²) < 4.78 is 6.03. The van der Waals surface area contributed by atoms with Gasteiger partial charge in [0.2, 0.25) is 0 Å². The number of thiophene rings is 1. The molecule has 0 bridgehead atoms.